The summed E-state index contributed by atoms with van der Waals surface area (Å²) >= 11 is 0. The average molecular weight is 1680 g/mol. The van der Waals surface area contributed by atoms with E-state index in [1.165, 1.54) is 219 Å². The molecule has 6 heterocycles. The van der Waals surface area contributed by atoms with Crippen LogP contribution in [0.5, 0.6) is 0 Å². The SMILES string of the molecule is c1ccc(-c2cc(-c3ccccc3)cc(-n3c4ccccc4c4cc5c6ccccc6n(-c6ccccc6)c5cc43)c2)cc1.c1ccc(-c2ccc(-n3c4ccccc4c4c5c6ccccc6n(-c6cccc(-c7ccccc7)c6)c5ccc43)cc2)cc1.c1ccc(-n2c3ccccc3c3ccc4c5ccccc5n(-c5ccc6c7ccccc7c7ccccc7c6c5)c4c32)cc1. The van der Waals surface area contributed by atoms with Crippen LogP contribution >= 0.6 is 0 Å². The first-order chi connectivity index (χ1) is 65.5. The Morgan fingerprint density at radius 3 is 0.818 bits per heavy atom. The van der Waals surface area contributed by atoms with Gasteiger partial charge < -0.3 is 27.4 Å². The van der Waals surface area contributed by atoms with E-state index in [9.17, 15) is 0 Å². The molecule has 0 unspecified atom stereocenters. The molecular formula is C126H82N6. The molecule has 0 aliphatic heterocycles. The largest absolute Gasteiger partial charge is 0.309 e. The molecule has 22 aromatic carbocycles. The molecule has 0 aliphatic carbocycles. The smallest absolute Gasteiger partial charge is 0.0788 e. The molecule has 6 aromatic heterocycles. The van der Waals surface area contributed by atoms with Gasteiger partial charge in [-0.15, -0.1) is 0 Å². The van der Waals surface area contributed by atoms with Crippen molar-refractivity contribution in [1.29, 1.82) is 0 Å². The lowest BCUT2D eigenvalue weighted by atomic mass is 9.94. The Balaban J connectivity index is 0.000000104. The Hall–Kier alpha value is -17.6. The van der Waals surface area contributed by atoms with Crippen molar-refractivity contribution in [3.8, 4) is 78.6 Å². The van der Waals surface area contributed by atoms with Gasteiger partial charge in [-0.1, -0.05) is 358 Å². The molecule has 0 spiro atoms. The van der Waals surface area contributed by atoms with Crippen molar-refractivity contribution < 1.29 is 0 Å². The molecule has 28 rings (SSSR count). The first-order valence-corrected chi connectivity index (χ1v) is 45.4. The summed E-state index contributed by atoms with van der Waals surface area (Å²) in [6.45, 7) is 0. The van der Waals surface area contributed by atoms with Crippen LogP contribution in [0.25, 0.3) is 242 Å². The number of aromatic nitrogens is 6. The average Bonchev–Trinajstić information content (AvgIpc) is 1.54. The molecule has 6 nitrogen and oxygen atoms in total. The first kappa shape index (κ1) is 75.7. The predicted octanol–water partition coefficient (Wildman–Crippen LogP) is 33.8. The zero-order valence-corrected chi connectivity index (χ0v) is 72.0. The minimum Gasteiger partial charge on any atom is -0.309 e. The van der Waals surface area contributed by atoms with Crippen molar-refractivity contribution in [2.75, 3.05) is 0 Å². The summed E-state index contributed by atoms with van der Waals surface area (Å²) in [6, 6.07) is 180. The van der Waals surface area contributed by atoms with Crippen molar-refractivity contribution in [2.45, 2.75) is 0 Å². The summed E-state index contributed by atoms with van der Waals surface area (Å²) in [7, 11) is 0. The van der Waals surface area contributed by atoms with Gasteiger partial charge in [0, 0.05) is 98.8 Å². The van der Waals surface area contributed by atoms with Crippen LogP contribution in [0.1, 0.15) is 0 Å². The van der Waals surface area contributed by atoms with E-state index in [-0.39, 0.29) is 0 Å². The Labute approximate surface area is 761 Å². The molecule has 0 saturated carbocycles. The lowest BCUT2D eigenvalue weighted by Crippen LogP contribution is -1.98. The number of rotatable bonds is 10. The highest BCUT2D eigenvalue weighted by Crippen LogP contribution is 2.48. The van der Waals surface area contributed by atoms with Gasteiger partial charge in [0.1, 0.15) is 0 Å². The van der Waals surface area contributed by atoms with Gasteiger partial charge in [0.05, 0.1) is 66.2 Å². The number of fused-ring (bicyclic) bond motifs is 26. The minimum atomic E-state index is 1.15. The van der Waals surface area contributed by atoms with Crippen molar-refractivity contribution >= 4 is 163 Å². The second-order valence-corrected chi connectivity index (χ2v) is 34.5. The third kappa shape index (κ3) is 12.3. The Morgan fingerprint density at radius 1 is 0.0985 bits per heavy atom. The van der Waals surface area contributed by atoms with Crippen LogP contribution in [-0.2, 0) is 0 Å². The molecule has 0 atom stereocenters. The van der Waals surface area contributed by atoms with Crippen LogP contribution in [0, 0.1) is 0 Å². The summed E-state index contributed by atoms with van der Waals surface area (Å²) < 4.78 is 14.7. The highest BCUT2D eigenvalue weighted by Gasteiger charge is 2.26. The van der Waals surface area contributed by atoms with Crippen molar-refractivity contribution in [3.05, 3.63) is 497 Å². The second-order valence-electron chi connectivity index (χ2n) is 34.5. The quantitative estimate of drug-likeness (QED) is 0.122. The number of hydrogen-bond donors (Lipinski definition) is 0. The molecule has 0 fully saturated rings. The van der Waals surface area contributed by atoms with Crippen LogP contribution in [-0.4, -0.2) is 27.4 Å². The van der Waals surface area contributed by atoms with Crippen molar-refractivity contribution in [1.82, 2.24) is 27.4 Å². The lowest BCUT2D eigenvalue weighted by molar-refractivity contribution is 1.15. The van der Waals surface area contributed by atoms with Gasteiger partial charge in [-0.25, -0.2) is 0 Å². The Kier molecular flexibility index (Phi) is 17.9. The zero-order chi connectivity index (χ0) is 86.9. The fourth-order valence-corrected chi connectivity index (χ4v) is 21.5. The van der Waals surface area contributed by atoms with Crippen LogP contribution in [0.2, 0.25) is 0 Å². The molecule has 28 aromatic rings. The van der Waals surface area contributed by atoms with Gasteiger partial charge in [-0.3, -0.25) is 0 Å². The van der Waals surface area contributed by atoms with Gasteiger partial charge in [0.2, 0.25) is 0 Å². The van der Waals surface area contributed by atoms with Crippen molar-refractivity contribution in [3.63, 3.8) is 0 Å². The summed E-state index contributed by atoms with van der Waals surface area (Å²) in [6.07, 6.45) is 0. The monoisotopic (exact) mass is 1680 g/mol. The van der Waals surface area contributed by atoms with Gasteiger partial charge in [-0.2, -0.15) is 0 Å². The molecule has 0 radical (unpaired) electrons. The number of benzene rings is 22. The summed E-state index contributed by atoms with van der Waals surface area (Å²) in [5.41, 5.74) is 31.2. The molecular weight excluding hydrogens is 1600 g/mol. The van der Waals surface area contributed by atoms with E-state index in [1.54, 1.807) is 0 Å². The molecule has 0 N–H and O–H groups in total. The van der Waals surface area contributed by atoms with Gasteiger partial charge in [0.15, 0.2) is 0 Å². The van der Waals surface area contributed by atoms with E-state index in [2.05, 4.69) is 525 Å². The highest BCUT2D eigenvalue weighted by molar-refractivity contribution is 6.30. The third-order valence-corrected chi connectivity index (χ3v) is 27.3. The standard InChI is InChI=1S/C42H26N2.2C42H28N2/c1-2-12-27(13-3-1)43-39-20-10-8-18-34(39)36-24-25-37-35-19-9-11-21-40(35)44(42(37)41(36)43)28-22-23-33-31-16-5-4-14-29(31)30-15-6-7-17-32(30)38(33)26-28;1-4-14-29(15-5-1)31-24-32(30-16-6-2-7-17-30)26-34(25-31)44-40-23-13-11-21-36(40)38-27-37-35-20-10-12-22-39(35)43(41(37)28-42(38)44)33-18-8-3-9-19-33;1-3-12-29(13-4-1)31-22-24-33(25-23-31)43-37-20-9-7-18-35(37)41-39(43)26-27-40-42(41)36-19-8-10-21-38(36)44(40)34-17-11-16-32(28-34)30-14-5-2-6-15-30/h1-26H;2*1-28H. The molecule has 132 heavy (non-hydrogen) atoms. The predicted molar refractivity (Wildman–Crippen MR) is 560 cm³/mol. The molecule has 6 heteroatoms. The van der Waals surface area contributed by atoms with E-state index in [0.29, 0.717) is 0 Å². The summed E-state index contributed by atoms with van der Waals surface area (Å²) in [5, 5.41) is 22.9. The molecule has 0 saturated heterocycles. The van der Waals surface area contributed by atoms with E-state index in [4.69, 9.17) is 0 Å². The topological polar surface area (TPSA) is 29.6 Å². The van der Waals surface area contributed by atoms with Crippen LogP contribution < -0.4 is 0 Å². The van der Waals surface area contributed by atoms with E-state index in [1.807, 2.05) is 0 Å². The minimum absolute atomic E-state index is 1.15. The van der Waals surface area contributed by atoms with Gasteiger partial charge in [0.25, 0.3) is 0 Å². The maximum atomic E-state index is 2.49. The van der Waals surface area contributed by atoms with Crippen molar-refractivity contribution in [2.24, 2.45) is 0 Å². The Morgan fingerprint density at radius 2 is 0.364 bits per heavy atom. The highest BCUT2D eigenvalue weighted by atomic mass is 15.1. The third-order valence-electron chi connectivity index (χ3n) is 27.3. The number of para-hydroxylation sites is 8. The summed E-state index contributed by atoms with van der Waals surface area (Å²) in [4.78, 5) is 0. The Bertz CT molecular complexity index is 9330. The van der Waals surface area contributed by atoms with Crippen LogP contribution in [0.4, 0.5) is 0 Å². The molecule has 616 valence electrons. The van der Waals surface area contributed by atoms with Crippen LogP contribution in [0.3, 0.4) is 0 Å². The molecule has 0 aliphatic rings. The fourth-order valence-electron chi connectivity index (χ4n) is 21.5. The normalized spacial score (nSPS) is 11.8. The maximum absolute atomic E-state index is 2.49. The number of nitrogens with zero attached hydrogens (tertiary/aromatic N) is 6. The summed E-state index contributed by atoms with van der Waals surface area (Å²) in [5.74, 6) is 0. The van der Waals surface area contributed by atoms with E-state index >= 15 is 0 Å². The van der Waals surface area contributed by atoms with Crippen LogP contribution in [0.15, 0.2) is 497 Å². The molecule has 0 amide bonds. The number of hydrogen-bond acceptors (Lipinski definition) is 0. The first-order valence-electron chi connectivity index (χ1n) is 45.4. The lowest BCUT2D eigenvalue weighted by Gasteiger charge is -2.15. The fraction of sp³-hybridized carbons (Fsp3) is 0. The second kappa shape index (κ2) is 31.2. The van der Waals surface area contributed by atoms with E-state index in [0.717, 1.165) is 22.7 Å². The zero-order valence-electron chi connectivity index (χ0n) is 72.0. The van der Waals surface area contributed by atoms with Gasteiger partial charge >= 0.3 is 0 Å². The molecule has 0 bridgehead atoms. The maximum Gasteiger partial charge on any atom is 0.0788 e. The van der Waals surface area contributed by atoms with Gasteiger partial charge in [-0.05, 0) is 216 Å². The van der Waals surface area contributed by atoms with E-state index < -0.39 is 0 Å².